The molecule has 0 aliphatic heterocycles. The number of carbonyl (C=O) groups is 2. The number of carbonyl (C=O) groups excluding carboxylic acids is 2. The molecule has 30 heavy (non-hydrogen) atoms. The van der Waals surface area contributed by atoms with Crippen LogP contribution in [-0.2, 0) is 17.6 Å². The number of thiophene rings is 2. The minimum atomic E-state index is -0.420. The molecular weight excluding hydrogens is 483 g/mol. The van der Waals surface area contributed by atoms with Gasteiger partial charge in [-0.2, -0.15) is 0 Å². The molecule has 0 spiro atoms. The molecule has 0 saturated heterocycles. The van der Waals surface area contributed by atoms with E-state index in [0.29, 0.717) is 32.1 Å². The molecule has 0 bridgehead atoms. The summed E-state index contributed by atoms with van der Waals surface area (Å²) in [6.45, 7) is 2.06. The second-order valence-corrected chi connectivity index (χ2v) is 9.96. The van der Waals surface area contributed by atoms with Crippen LogP contribution in [-0.4, -0.2) is 23.6 Å². The summed E-state index contributed by atoms with van der Waals surface area (Å²) in [6.07, 6.45) is 2.78. The Morgan fingerprint density at radius 2 is 2.03 bits per heavy atom. The van der Waals surface area contributed by atoms with Gasteiger partial charge in [-0.05, 0) is 56.1 Å². The largest absolute Gasteiger partial charge is 0.462 e. The first-order chi connectivity index (χ1) is 14.4. The Bertz CT molecular complexity index is 1190. The number of nitrogens with one attached hydrogen (secondary N) is 2. The minimum Gasteiger partial charge on any atom is -0.462 e. The molecule has 0 fully saturated rings. The molecule has 0 atom stereocenters. The maximum Gasteiger partial charge on any atom is 0.341 e. The van der Waals surface area contributed by atoms with Gasteiger partial charge < -0.3 is 10.1 Å². The van der Waals surface area contributed by atoms with Crippen molar-refractivity contribution >= 4 is 90.2 Å². The highest BCUT2D eigenvalue weighted by molar-refractivity contribution is 7.80. The van der Waals surface area contributed by atoms with Crippen LogP contribution in [0.3, 0.4) is 0 Å². The van der Waals surface area contributed by atoms with Gasteiger partial charge in [-0.1, -0.05) is 29.3 Å². The van der Waals surface area contributed by atoms with Crippen molar-refractivity contribution in [2.24, 2.45) is 0 Å². The van der Waals surface area contributed by atoms with Gasteiger partial charge in [0.05, 0.1) is 17.2 Å². The summed E-state index contributed by atoms with van der Waals surface area (Å²) in [4.78, 5) is 26.7. The fraction of sp³-hybridized carbons (Fsp3) is 0.250. The van der Waals surface area contributed by atoms with E-state index in [4.69, 9.17) is 40.2 Å². The van der Waals surface area contributed by atoms with Crippen LogP contribution in [0.25, 0.3) is 10.1 Å². The predicted octanol–water partition coefficient (Wildman–Crippen LogP) is 6.06. The van der Waals surface area contributed by atoms with E-state index in [1.54, 1.807) is 25.1 Å². The lowest BCUT2D eigenvalue weighted by atomic mass is 10.1. The van der Waals surface area contributed by atoms with Crippen molar-refractivity contribution in [1.29, 1.82) is 0 Å². The Balaban J connectivity index is 1.54. The van der Waals surface area contributed by atoms with Gasteiger partial charge in [0.2, 0.25) is 0 Å². The molecule has 156 valence electrons. The van der Waals surface area contributed by atoms with Crippen LogP contribution >= 0.6 is 58.1 Å². The van der Waals surface area contributed by atoms with Crippen LogP contribution in [0, 0.1) is 0 Å². The van der Waals surface area contributed by atoms with Gasteiger partial charge in [0.25, 0.3) is 5.91 Å². The fourth-order valence-electron chi connectivity index (χ4n) is 3.39. The van der Waals surface area contributed by atoms with Gasteiger partial charge in [-0.3, -0.25) is 10.1 Å². The van der Waals surface area contributed by atoms with Gasteiger partial charge in [-0.25, -0.2) is 4.79 Å². The van der Waals surface area contributed by atoms with Crippen LogP contribution < -0.4 is 10.6 Å². The Morgan fingerprint density at radius 1 is 1.23 bits per heavy atom. The number of aryl methyl sites for hydroxylation is 1. The van der Waals surface area contributed by atoms with Crippen molar-refractivity contribution in [3.63, 3.8) is 0 Å². The number of amides is 1. The first kappa shape index (κ1) is 21.5. The van der Waals surface area contributed by atoms with Crippen LogP contribution in [0.4, 0.5) is 5.00 Å². The molecule has 10 heteroatoms. The molecule has 0 radical (unpaired) electrons. The zero-order valence-corrected chi connectivity index (χ0v) is 19.7. The first-order valence-corrected chi connectivity index (χ1v) is 12.0. The van der Waals surface area contributed by atoms with Gasteiger partial charge in [-0.15, -0.1) is 22.7 Å². The molecule has 1 aromatic carbocycles. The van der Waals surface area contributed by atoms with Crippen LogP contribution in [0.15, 0.2) is 18.2 Å². The van der Waals surface area contributed by atoms with E-state index in [1.807, 2.05) is 0 Å². The van der Waals surface area contributed by atoms with Crippen molar-refractivity contribution in [1.82, 2.24) is 5.32 Å². The summed E-state index contributed by atoms with van der Waals surface area (Å²) in [5.74, 6) is -0.797. The maximum absolute atomic E-state index is 12.7. The molecule has 2 heterocycles. The molecule has 4 rings (SSSR count). The second kappa shape index (κ2) is 8.80. The van der Waals surface area contributed by atoms with Crippen molar-refractivity contribution in [3.8, 4) is 0 Å². The summed E-state index contributed by atoms with van der Waals surface area (Å²) in [5, 5.41) is 8.03. The zero-order valence-electron chi connectivity index (χ0n) is 15.8. The lowest BCUT2D eigenvalue weighted by Crippen LogP contribution is -2.34. The molecule has 2 aromatic heterocycles. The van der Waals surface area contributed by atoms with Crippen LogP contribution in [0.2, 0.25) is 10.0 Å². The van der Waals surface area contributed by atoms with E-state index in [2.05, 4.69) is 10.6 Å². The van der Waals surface area contributed by atoms with E-state index in [-0.39, 0.29) is 11.1 Å². The molecule has 2 N–H and O–H groups in total. The summed E-state index contributed by atoms with van der Waals surface area (Å²) in [6, 6.07) is 5.27. The number of ether oxygens (including phenoxy) is 1. The number of fused-ring (bicyclic) bond motifs is 2. The molecule has 0 unspecified atom stereocenters. The van der Waals surface area contributed by atoms with Gasteiger partial charge >= 0.3 is 5.97 Å². The number of thiocarbonyl (C=S) groups is 1. The summed E-state index contributed by atoms with van der Waals surface area (Å²) < 4.78 is 6.03. The van der Waals surface area contributed by atoms with Crippen LogP contribution in [0.5, 0.6) is 0 Å². The number of benzene rings is 1. The second-order valence-electron chi connectivity index (χ2n) is 6.58. The Morgan fingerprint density at radius 3 is 2.80 bits per heavy atom. The number of halogens is 2. The van der Waals surface area contributed by atoms with Crippen molar-refractivity contribution in [3.05, 3.63) is 49.1 Å². The SMILES string of the molecule is CCOC(=O)c1c(NC(=S)NC(=O)c2sc3cc(Cl)ccc3c2Cl)sc2c1CCC2. The number of rotatable bonds is 4. The third-order valence-electron chi connectivity index (χ3n) is 4.65. The summed E-state index contributed by atoms with van der Waals surface area (Å²) >= 11 is 20.4. The minimum absolute atomic E-state index is 0.0945. The highest BCUT2D eigenvalue weighted by atomic mass is 35.5. The highest BCUT2D eigenvalue weighted by Crippen LogP contribution is 2.40. The fourth-order valence-corrected chi connectivity index (χ4v) is 6.62. The van der Waals surface area contributed by atoms with Crippen LogP contribution in [0.1, 0.15) is 43.8 Å². The molecule has 1 amide bonds. The Kier molecular flexibility index (Phi) is 6.31. The average Bonchev–Trinajstić information content (AvgIpc) is 3.34. The zero-order chi connectivity index (χ0) is 21.4. The molecule has 5 nitrogen and oxygen atoms in total. The predicted molar refractivity (Wildman–Crippen MR) is 128 cm³/mol. The highest BCUT2D eigenvalue weighted by Gasteiger charge is 2.28. The third-order valence-corrected chi connectivity index (χ3v) is 7.96. The van der Waals surface area contributed by atoms with Gasteiger partial charge in [0.1, 0.15) is 9.88 Å². The quantitative estimate of drug-likeness (QED) is 0.337. The smallest absolute Gasteiger partial charge is 0.341 e. The molecule has 0 saturated carbocycles. The topological polar surface area (TPSA) is 67.4 Å². The van der Waals surface area contributed by atoms with E-state index in [0.717, 1.165) is 39.8 Å². The van der Waals surface area contributed by atoms with E-state index in [1.165, 1.54) is 22.7 Å². The maximum atomic E-state index is 12.7. The number of esters is 1. The molecule has 1 aliphatic carbocycles. The third kappa shape index (κ3) is 4.07. The number of hydrogen-bond acceptors (Lipinski definition) is 6. The molecule has 3 aromatic rings. The van der Waals surface area contributed by atoms with Gasteiger partial charge in [0, 0.05) is 20.0 Å². The van der Waals surface area contributed by atoms with Crippen molar-refractivity contribution < 1.29 is 14.3 Å². The first-order valence-electron chi connectivity index (χ1n) is 9.20. The van der Waals surface area contributed by atoms with Gasteiger partial charge in [0.15, 0.2) is 5.11 Å². The van der Waals surface area contributed by atoms with Crippen molar-refractivity contribution in [2.45, 2.75) is 26.2 Å². The average molecular weight is 499 g/mol. The monoisotopic (exact) mass is 498 g/mol. The number of anilines is 1. The summed E-state index contributed by atoms with van der Waals surface area (Å²) in [7, 11) is 0. The Hall–Kier alpha value is -1.71. The van der Waals surface area contributed by atoms with Crippen molar-refractivity contribution in [2.75, 3.05) is 11.9 Å². The summed E-state index contributed by atoms with van der Waals surface area (Å²) in [5.41, 5.74) is 1.53. The lowest BCUT2D eigenvalue weighted by Gasteiger charge is -2.10. The Labute approximate surface area is 196 Å². The lowest BCUT2D eigenvalue weighted by molar-refractivity contribution is 0.0527. The van der Waals surface area contributed by atoms with E-state index in [9.17, 15) is 9.59 Å². The normalized spacial score (nSPS) is 12.6. The number of hydrogen-bond donors (Lipinski definition) is 2. The van der Waals surface area contributed by atoms with E-state index >= 15 is 0 Å². The molecular formula is C20H16Cl2N2O3S3. The standard InChI is InChI=1S/C20H16Cl2N2O3S3/c1-2-27-19(26)14-10-4-3-5-12(10)30-18(14)24-20(28)23-17(25)16-15(22)11-7-6-9(21)8-13(11)29-16/h6-8H,2-5H2,1H3,(H2,23,24,25,28). The molecule has 1 aliphatic rings. The van der Waals surface area contributed by atoms with E-state index < -0.39 is 5.91 Å².